The fraction of sp³-hybridized carbons (Fsp3) is 0.400. The van der Waals surface area contributed by atoms with E-state index in [9.17, 15) is 5.11 Å². The van der Waals surface area contributed by atoms with Crippen molar-refractivity contribution in [2.24, 2.45) is 0 Å². The van der Waals surface area contributed by atoms with Crippen LogP contribution in [0.4, 0.5) is 0 Å². The molecule has 2 rings (SSSR count). The molecule has 2 unspecified atom stereocenters. The third-order valence-corrected chi connectivity index (χ3v) is 5.64. The van der Waals surface area contributed by atoms with Gasteiger partial charge in [-0.05, 0) is 0 Å². The van der Waals surface area contributed by atoms with Crippen molar-refractivity contribution < 1.29 is 5.11 Å². The second kappa shape index (κ2) is 3.38. The summed E-state index contributed by atoms with van der Waals surface area (Å²) >= 11 is -0.0319. The predicted octanol–water partition coefficient (Wildman–Crippen LogP) is 1.26. The van der Waals surface area contributed by atoms with Crippen LogP contribution in [0, 0.1) is 0 Å². The molecule has 0 fully saturated rings. The fourth-order valence-corrected chi connectivity index (χ4v) is 5.02. The topological polar surface area (TPSA) is 20.2 Å². The minimum atomic E-state index is -0.199. The number of rotatable bonds is 0. The molecule has 0 aliphatic carbocycles. The molecule has 1 nitrogen and oxygen atoms in total. The second-order valence-corrected chi connectivity index (χ2v) is 7.44. The van der Waals surface area contributed by atoms with E-state index in [0.717, 1.165) is 10.4 Å². The van der Waals surface area contributed by atoms with Crippen LogP contribution in [-0.4, -0.2) is 26.0 Å². The summed E-state index contributed by atoms with van der Waals surface area (Å²) in [5, 5.41) is 9.75. The van der Waals surface area contributed by atoms with E-state index in [1.807, 2.05) is 6.07 Å². The first-order valence-corrected chi connectivity index (χ1v) is 6.72. The molecule has 0 spiro atoms. The number of fused-ring (bicyclic) bond motifs is 1. The molecule has 1 aliphatic rings. The molecular formula is C10H12OTe. The van der Waals surface area contributed by atoms with Crippen LogP contribution in [0.1, 0.15) is 25.0 Å². The van der Waals surface area contributed by atoms with Crippen LogP contribution < -0.4 is 3.61 Å². The zero-order valence-corrected chi connectivity index (χ0v) is 9.36. The summed E-state index contributed by atoms with van der Waals surface area (Å²) in [6, 6.07) is 8.34. The van der Waals surface area contributed by atoms with E-state index in [2.05, 4.69) is 25.1 Å². The van der Waals surface area contributed by atoms with Gasteiger partial charge in [0.1, 0.15) is 0 Å². The Kier molecular flexibility index (Phi) is 2.41. The zero-order chi connectivity index (χ0) is 8.55. The molecule has 1 N–H and O–H groups in total. The third kappa shape index (κ3) is 1.52. The fourth-order valence-electron chi connectivity index (χ4n) is 1.57. The Morgan fingerprint density at radius 3 is 3.00 bits per heavy atom. The van der Waals surface area contributed by atoms with Gasteiger partial charge < -0.3 is 0 Å². The van der Waals surface area contributed by atoms with Gasteiger partial charge in [-0.25, -0.2) is 0 Å². The van der Waals surface area contributed by atoms with Crippen LogP contribution in [0.15, 0.2) is 24.3 Å². The van der Waals surface area contributed by atoms with Gasteiger partial charge in [0.25, 0.3) is 0 Å². The van der Waals surface area contributed by atoms with Crippen molar-refractivity contribution in [2.45, 2.75) is 23.4 Å². The second-order valence-electron chi connectivity index (χ2n) is 3.22. The number of aliphatic hydroxyl groups is 1. The van der Waals surface area contributed by atoms with Crippen molar-refractivity contribution in [1.82, 2.24) is 0 Å². The van der Waals surface area contributed by atoms with E-state index in [1.54, 1.807) is 0 Å². The molecule has 2 heteroatoms. The Morgan fingerprint density at radius 1 is 1.42 bits per heavy atom. The van der Waals surface area contributed by atoms with Crippen LogP contribution in [0.5, 0.6) is 0 Å². The van der Waals surface area contributed by atoms with E-state index in [1.165, 1.54) is 9.17 Å². The van der Waals surface area contributed by atoms with Crippen LogP contribution >= 0.6 is 0 Å². The van der Waals surface area contributed by atoms with Gasteiger partial charge >= 0.3 is 82.9 Å². The van der Waals surface area contributed by atoms with E-state index >= 15 is 0 Å². The Hall–Kier alpha value is -0.0304. The first-order chi connectivity index (χ1) is 5.77. The van der Waals surface area contributed by atoms with Crippen LogP contribution in [0.3, 0.4) is 0 Å². The van der Waals surface area contributed by atoms with Gasteiger partial charge in [-0.3, -0.25) is 0 Å². The van der Waals surface area contributed by atoms with Gasteiger partial charge in [0, 0.05) is 0 Å². The monoisotopic (exact) mass is 278 g/mol. The van der Waals surface area contributed by atoms with Gasteiger partial charge in [-0.15, -0.1) is 0 Å². The molecule has 12 heavy (non-hydrogen) atoms. The number of hydrogen-bond donors (Lipinski definition) is 1. The van der Waals surface area contributed by atoms with Crippen molar-refractivity contribution in [3.05, 3.63) is 29.8 Å². The summed E-state index contributed by atoms with van der Waals surface area (Å²) in [7, 11) is 0. The van der Waals surface area contributed by atoms with Gasteiger partial charge in [-0.1, -0.05) is 0 Å². The van der Waals surface area contributed by atoms with Crippen molar-refractivity contribution in [2.75, 3.05) is 0 Å². The summed E-state index contributed by atoms with van der Waals surface area (Å²) < 4.78 is 2.20. The van der Waals surface area contributed by atoms with Crippen LogP contribution in [0.25, 0.3) is 0 Å². The first-order valence-electron chi connectivity index (χ1n) is 4.21. The van der Waals surface area contributed by atoms with Gasteiger partial charge in [0.15, 0.2) is 0 Å². The molecule has 1 aliphatic heterocycles. The molecule has 0 radical (unpaired) electrons. The van der Waals surface area contributed by atoms with E-state index in [0.29, 0.717) is 0 Å². The van der Waals surface area contributed by atoms with Crippen molar-refractivity contribution in [1.29, 1.82) is 0 Å². The van der Waals surface area contributed by atoms with E-state index in [-0.39, 0.29) is 27.0 Å². The summed E-state index contributed by atoms with van der Waals surface area (Å²) in [4.78, 5) is 0. The Balaban J connectivity index is 2.40. The zero-order valence-electron chi connectivity index (χ0n) is 7.03. The molecule has 0 amide bonds. The van der Waals surface area contributed by atoms with Crippen LogP contribution in [0.2, 0.25) is 3.97 Å². The first kappa shape index (κ1) is 8.56. The van der Waals surface area contributed by atoms with Gasteiger partial charge in [0.05, 0.1) is 0 Å². The minimum absolute atomic E-state index is 0.0319. The predicted molar refractivity (Wildman–Crippen MR) is 50.8 cm³/mol. The maximum atomic E-state index is 9.75. The Labute approximate surface area is 82.9 Å². The molecule has 1 aromatic carbocycles. The van der Waals surface area contributed by atoms with Gasteiger partial charge in [-0.2, -0.15) is 0 Å². The van der Waals surface area contributed by atoms with Crippen LogP contribution in [-0.2, 0) is 0 Å². The van der Waals surface area contributed by atoms with Crippen molar-refractivity contribution in [3.8, 4) is 0 Å². The Bertz CT molecular complexity index is 285. The third-order valence-electron chi connectivity index (χ3n) is 2.16. The number of aliphatic hydroxyl groups excluding tert-OH is 1. The molecular weight excluding hydrogens is 264 g/mol. The quantitative estimate of drug-likeness (QED) is 0.707. The summed E-state index contributed by atoms with van der Waals surface area (Å²) in [5.41, 5.74) is 1.19. The molecule has 1 heterocycles. The molecule has 2 atom stereocenters. The summed E-state index contributed by atoms with van der Waals surface area (Å²) in [5.74, 6) is 0. The average molecular weight is 276 g/mol. The number of hydrogen-bond acceptors (Lipinski definition) is 1. The summed E-state index contributed by atoms with van der Waals surface area (Å²) in [6.45, 7) is 2.25. The summed E-state index contributed by atoms with van der Waals surface area (Å²) in [6.07, 6.45) is 0.772. The number of benzene rings is 1. The SMILES string of the molecule is CC1CC(O)c2ccccc2[Te]1. The molecule has 0 bridgehead atoms. The normalized spacial score (nSPS) is 28.2. The van der Waals surface area contributed by atoms with E-state index < -0.39 is 0 Å². The standard InChI is InChI=1S/C10H12OTe/c1-7-6-9(11)8-4-2-3-5-10(8)12-7/h2-5,7,9,11H,6H2,1H3. The average Bonchev–Trinajstić information content (AvgIpc) is 2.04. The molecule has 64 valence electrons. The maximum absolute atomic E-state index is 9.75. The van der Waals surface area contributed by atoms with Gasteiger partial charge in [0.2, 0.25) is 0 Å². The van der Waals surface area contributed by atoms with Crippen molar-refractivity contribution in [3.63, 3.8) is 0 Å². The molecule has 1 aromatic rings. The van der Waals surface area contributed by atoms with Crippen molar-refractivity contribution >= 4 is 24.5 Å². The van der Waals surface area contributed by atoms with E-state index in [4.69, 9.17) is 0 Å². The molecule has 0 saturated heterocycles. The Morgan fingerprint density at radius 2 is 2.17 bits per heavy atom. The molecule has 0 saturated carbocycles. The molecule has 0 aromatic heterocycles.